The molecule has 1 heterocycles. The van der Waals surface area contributed by atoms with E-state index in [0.717, 1.165) is 37.3 Å². The lowest BCUT2D eigenvalue weighted by molar-refractivity contribution is 0.0920. The van der Waals surface area contributed by atoms with Gasteiger partial charge < -0.3 is 5.32 Å². The van der Waals surface area contributed by atoms with Gasteiger partial charge in [0.25, 0.3) is 5.91 Å². The van der Waals surface area contributed by atoms with Crippen molar-refractivity contribution in [3.63, 3.8) is 0 Å². The van der Waals surface area contributed by atoms with Crippen LogP contribution in [-0.2, 0) is 0 Å². The first-order valence-corrected chi connectivity index (χ1v) is 11.1. The van der Waals surface area contributed by atoms with E-state index in [1.54, 1.807) is 0 Å². The van der Waals surface area contributed by atoms with E-state index in [0.29, 0.717) is 6.04 Å². The van der Waals surface area contributed by atoms with Gasteiger partial charge in [0.2, 0.25) is 0 Å². The van der Waals surface area contributed by atoms with Crippen molar-refractivity contribution < 1.29 is 4.79 Å². The summed E-state index contributed by atoms with van der Waals surface area (Å²) >= 11 is 0. The van der Waals surface area contributed by atoms with Crippen LogP contribution >= 0.6 is 0 Å². The van der Waals surface area contributed by atoms with Crippen molar-refractivity contribution in [3.05, 3.63) is 77.9 Å². The fraction of sp³-hybridized carbons (Fsp3) is 0.423. The van der Waals surface area contributed by atoms with Gasteiger partial charge >= 0.3 is 0 Å². The maximum absolute atomic E-state index is 12.3. The number of carbonyl (C=O) groups excluding carboxylic acids is 1. The first kappa shape index (κ1) is 19.9. The van der Waals surface area contributed by atoms with Crippen molar-refractivity contribution in [3.8, 4) is 0 Å². The van der Waals surface area contributed by atoms with Gasteiger partial charge in [0, 0.05) is 24.7 Å². The minimum absolute atomic E-state index is 0.0726. The van der Waals surface area contributed by atoms with E-state index >= 15 is 0 Å². The minimum atomic E-state index is 0.0726. The minimum Gasteiger partial charge on any atom is -0.349 e. The molecule has 29 heavy (non-hydrogen) atoms. The Morgan fingerprint density at radius 2 is 1.62 bits per heavy atom. The lowest BCUT2D eigenvalue weighted by Crippen LogP contribution is -2.38. The molecule has 0 aromatic heterocycles. The van der Waals surface area contributed by atoms with Gasteiger partial charge in [-0.1, -0.05) is 54.6 Å². The zero-order valence-electron chi connectivity index (χ0n) is 17.2. The van der Waals surface area contributed by atoms with E-state index in [2.05, 4.69) is 46.6 Å². The summed E-state index contributed by atoms with van der Waals surface area (Å²) in [6.45, 7) is 3.44. The molecule has 3 heteroatoms. The van der Waals surface area contributed by atoms with Gasteiger partial charge in [-0.25, -0.2) is 0 Å². The van der Waals surface area contributed by atoms with Crippen LogP contribution in [0.15, 0.2) is 66.7 Å². The standard InChI is InChI=1S/C26H32N2O/c29-26(24-9-5-2-6-10-24)27-25-13-11-21(12-14-25)15-18-28-19-16-23(17-20-28)22-7-3-1-4-8-22/h1-10,16,21,25H,11-15,17-20H2,(H,27,29)/t21-,25+. The molecular formula is C26H32N2O. The molecule has 2 aromatic rings. The normalized spacial score (nSPS) is 22.7. The van der Waals surface area contributed by atoms with Crippen molar-refractivity contribution in [2.24, 2.45) is 5.92 Å². The van der Waals surface area contributed by atoms with Gasteiger partial charge in [0.15, 0.2) is 0 Å². The molecule has 152 valence electrons. The van der Waals surface area contributed by atoms with Gasteiger partial charge in [-0.15, -0.1) is 0 Å². The number of amides is 1. The van der Waals surface area contributed by atoms with E-state index in [1.807, 2.05) is 30.3 Å². The molecule has 2 aromatic carbocycles. The summed E-state index contributed by atoms with van der Waals surface area (Å²) in [4.78, 5) is 14.9. The second-order valence-electron chi connectivity index (χ2n) is 8.49. The Labute approximate surface area is 174 Å². The van der Waals surface area contributed by atoms with Crippen LogP contribution in [0.3, 0.4) is 0 Å². The molecule has 0 bridgehead atoms. The first-order valence-electron chi connectivity index (χ1n) is 11.1. The molecule has 1 aliphatic heterocycles. The third kappa shape index (κ3) is 5.57. The van der Waals surface area contributed by atoms with Gasteiger partial charge in [-0.05, 0) is 74.3 Å². The average molecular weight is 389 g/mol. The third-order valence-electron chi connectivity index (χ3n) is 6.51. The number of nitrogens with zero attached hydrogens (tertiary/aromatic N) is 1. The van der Waals surface area contributed by atoms with Crippen LogP contribution in [0.4, 0.5) is 0 Å². The number of benzene rings is 2. The monoisotopic (exact) mass is 388 g/mol. The fourth-order valence-electron chi connectivity index (χ4n) is 4.65. The Bertz CT molecular complexity index is 807. The summed E-state index contributed by atoms with van der Waals surface area (Å²) in [5.74, 6) is 0.878. The molecule has 0 atom stereocenters. The number of nitrogens with one attached hydrogen (secondary N) is 1. The van der Waals surface area contributed by atoms with E-state index < -0.39 is 0 Å². The topological polar surface area (TPSA) is 32.3 Å². The highest BCUT2D eigenvalue weighted by atomic mass is 16.1. The van der Waals surface area contributed by atoms with Crippen LogP contribution in [0.2, 0.25) is 0 Å². The largest absolute Gasteiger partial charge is 0.349 e. The molecule has 0 radical (unpaired) electrons. The molecule has 3 nitrogen and oxygen atoms in total. The molecule has 0 unspecified atom stereocenters. The van der Waals surface area contributed by atoms with Crippen LogP contribution in [0.25, 0.3) is 5.57 Å². The first-order chi connectivity index (χ1) is 14.3. The predicted octanol–water partition coefficient (Wildman–Crippen LogP) is 5.15. The van der Waals surface area contributed by atoms with E-state index in [9.17, 15) is 4.79 Å². The van der Waals surface area contributed by atoms with Gasteiger partial charge in [-0.3, -0.25) is 9.69 Å². The van der Waals surface area contributed by atoms with Crippen LogP contribution in [0.5, 0.6) is 0 Å². The zero-order chi connectivity index (χ0) is 19.9. The van der Waals surface area contributed by atoms with Crippen LogP contribution in [0.1, 0.15) is 54.4 Å². The van der Waals surface area contributed by atoms with Crippen molar-refractivity contribution in [2.45, 2.75) is 44.6 Å². The molecule has 0 saturated heterocycles. The molecule has 2 aliphatic rings. The Balaban J connectivity index is 1.16. The molecule has 4 rings (SSSR count). The highest BCUT2D eigenvalue weighted by Crippen LogP contribution is 2.28. The maximum Gasteiger partial charge on any atom is 0.251 e. The second kappa shape index (κ2) is 9.89. The lowest BCUT2D eigenvalue weighted by Gasteiger charge is -2.32. The lowest BCUT2D eigenvalue weighted by atomic mass is 9.84. The van der Waals surface area contributed by atoms with Gasteiger partial charge in [0.05, 0.1) is 0 Å². The maximum atomic E-state index is 12.3. The zero-order valence-corrected chi connectivity index (χ0v) is 17.2. The number of hydrogen-bond acceptors (Lipinski definition) is 2. The van der Waals surface area contributed by atoms with Crippen molar-refractivity contribution in [1.82, 2.24) is 10.2 Å². The second-order valence-corrected chi connectivity index (χ2v) is 8.49. The molecule has 1 saturated carbocycles. The SMILES string of the molecule is O=C(N[C@H]1CC[C@@H](CCN2CC=C(c3ccccc3)CC2)CC1)c1ccccc1. The number of hydrogen-bond donors (Lipinski definition) is 1. The molecule has 1 amide bonds. The van der Waals surface area contributed by atoms with E-state index in [1.165, 1.54) is 43.5 Å². The van der Waals surface area contributed by atoms with Crippen molar-refractivity contribution >= 4 is 11.5 Å². The molecular weight excluding hydrogens is 356 g/mol. The molecule has 0 spiro atoms. The fourth-order valence-corrected chi connectivity index (χ4v) is 4.65. The smallest absolute Gasteiger partial charge is 0.251 e. The average Bonchev–Trinajstić information content (AvgIpc) is 2.80. The summed E-state index contributed by atoms with van der Waals surface area (Å²) in [5.41, 5.74) is 3.64. The third-order valence-corrected chi connectivity index (χ3v) is 6.51. The Kier molecular flexibility index (Phi) is 6.79. The summed E-state index contributed by atoms with van der Waals surface area (Å²) in [7, 11) is 0. The summed E-state index contributed by atoms with van der Waals surface area (Å²) in [6, 6.07) is 20.7. The van der Waals surface area contributed by atoms with Gasteiger partial charge in [0.1, 0.15) is 0 Å². The summed E-state index contributed by atoms with van der Waals surface area (Å²) in [6.07, 6.45) is 9.55. The Morgan fingerprint density at radius 1 is 0.931 bits per heavy atom. The van der Waals surface area contributed by atoms with E-state index in [4.69, 9.17) is 0 Å². The van der Waals surface area contributed by atoms with E-state index in [-0.39, 0.29) is 5.91 Å². The predicted molar refractivity (Wildman–Crippen MR) is 120 cm³/mol. The highest BCUT2D eigenvalue weighted by Gasteiger charge is 2.23. The van der Waals surface area contributed by atoms with Crippen LogP contribution < -0.4 is 5.32 Å². The highest BCUT2D eigenvalue weighted by molar-refractivity contribution is 5.94. The quantitative estimate of drug-likeness (QED) is 0.742. The Hall–Kier alpha value is -2.39. The van der Waals surface area contributed by atoms with Crippen LogP contribution in [0, 0.1) is 5.92 Å². The summed E-state index contributed by atoms with van der Waals surface area (Å²) < 4.78 is 0. The van der Waals surface area contributed by atoms with Gasteiger partial charge in [-0.2, -0.15) is 0 Å². The van der Waals surface area contributed by atoms with Crippen molar-refractivity contribution in [1.29, 1.82) is 0 Å². The summed E-state index contributed by atoms with van der Waals surface area (Å²) in [5, 5.41) is 3.22. The number of rotatable bonds is 6. The van der Waals surface area contributed by atoms with Crippen LogP contribution in [-0.4, -0.2) is 36.5 Å². The molecule has 1 N–H and O–H groups in total. The molecule has 1 aliphatic carbocycles. The number of carbonyl (C=O) groups is 1. The molecule has 1 fully saturated rings. The Morgan fingerprint density at radius 3 is 2.28 bits per heavy atom. The van der Waals surface area contributed by atoms with Crippen molar-refractivity contribution in [2.75, 3.05) is 19.6 Å².